The predicted molar refractivity (Wildman–Crippen MR) is 121 cm³/mol. The van der Waals surface area contributed by atoms with Crippen LogP contribution in [0.3, 0.4) is 0 Å². The predicted octanol–water partition coefficient (Wildman–Crippen LogP) is 5.02. The van der Waals surface area contributed by atoms with E-state index in [1.807, 2.05) is 0 Å². The van der Waals surface area contributed by atoms with Crippen LogP contribution in [0, 0.1) is 0 Å². The van der Waals surface area contributed by atoms with Gasteiger partial charge in [-0.25, -0.2) is 4.79 Å². The molecule has 0 spiro atoms. The second-order valence-corrected chi connectivity index (χ2v) is 7.71. The molecule has 0 atom stereocenters. The van der Waals surface area contributed by atoms with Crippen LogP contribution in [0.4, 0.5) is 26.3 Å². The van der Waals surface area contributed by atoms with E-state index < -0.39 is 41.1 Å². The van der Waals surface area contributed by atoms with E-state index in [9.17, 15) is 35.9 Å². The number of benzene rings is 1. The molecule has 1 aromatic rings. The van der Waals surface area contributed by atoms with Crippen LogP contribution < -0.4 is 5.32 Å². The molecule has 12 heteroatoms. The molecule has 6 nitrogen and oxygen atoms in total. The number of carboxylic acid groups (broad SMARTS) is 1. The summed E-state index contributed by atoms with van der Waals surface area (Å²) in [4.78, 5) is 23.3. The Hall–Kier alpha value is -3.83. The number of aliphatic carboxylic acids is 1. The Labute approximate surface area is 203 Å². The van der Waals surface area contributed by atoms with Gasteiger partial charge in [0.1, 0.15) is 5.70 Å². The highest BCUT2D eigenvalue weighted by Gasteiger charge is 2.42. The number of hydrazone groups is 1. The van der Waals surface area contributed by atoms with E-state index in [0.717, 1.165) is 25.3 Å². The minimum absolute atomic E-state index is 0.00176. The third-order valence-electron chi connectivity index (χ3n) is 5.06. The fourth-order valence-corrected chi connectivity index (χ4v) is 3.38. The van der Waals surface area contributed by atoms with Crippen LogP contribution in [-0.2, 0) is 22.2 Å². The van der Waals surface area contributed by atoms with E-state index in [2.05, 4.69) is 17.0 Å². The van der Waals surface area contributed by atoms with Gasteiger partial charge in [-0.15, -0.1) is 0 Å². The minimum atomic E-state index is -4.91. The molecule has 0 saturated carbocycles. The maximum atomic E-state index is 13.9. The first kappa shape index (κ1) is 28.4. The zero-order valence-electron chi connectivity index (χ0n) is 19.1. The minimum Gasteiger partial charge on any atom is -0.478 e. The molecule has 0 aromatic heterocycles. The molecule has 0 bridgehead atoms. The van der Waals surface area contributed by atoms with Gasteiger partial charge in [-0.2, -0.15) is 31.4 Å². The molecule has 1 aromatic carbocycles. The van der Waals surface area contributed by atoms with Gasteiger partial charge in [0.25, 0.3) is 0 Å². The number of carbonyl (C=O) groups excluding carboxylic acids is 1. The molecule has 1 amide bonds. The number of hydrogen-bond acceptors (Lipinski definition) is 4. The third-order valence-corrected chi connectivity index (χ3v) is 5.06. The summed E-state index contributed by atoms with van der Waals surface area (Å²) in [5, 5.41) is 15.5. The Morgan fingerprint density at radius 1 is 1.11 bits per heavy atom. The molecule has 0 fully saturated rings. The van der Waals surface area contributed by atoms with Crippen LogP contribution in [0.2, 0.25) is 0 Å². The van der Waals surface area contributed by atoms with Crippen LogP contribution in [0.5, 0.6) is 0 Å². The first-order valence-electron chi connectivity index (χ1n) is 10.5. The summed E-state index contributed by atoms with van der Waals surface area (Å²) in [7, 11) is 1.04. The molecular weight excluding hydrogens is 492 g/mol. The van der Waals surface area contributed by atoms with Crippen molar-refractivity contribution in [3.05, 3.63) is 83.1 Å². The summed E-state index contributed by atoms with van der Waals surface area (Å²) < 4.78 is 79.9. The maximum absolute atomic E-state index is 13.9. The van der Waals surface area contributed by atoms with Crippen LogP contribution in [-0.4, -0.2) is 47.5 Å². The monoisotopic (exact) mass is 515 g/mol. The lowest BCUT2D eigenvalue weighted by atomic mass is 10.00. The van der Waals surface area contributed by atoms with Crippen LogP contribution in [0.15, 0.2) is 77.1 Å². The van der Waals surface area contributed by atoms with Crippen molar-refractivity contribution in [1.29, 1.82) is 0 Å². The summed E-state index contributed by atoms with van der Waals surface area (Å²) in [6.07, 6.45) is -5.08. The number of nitrogens with one attached hydrogen (secondary N) is 1. The summed E-state index contributed by atoms with van der Waals surface area (Å²) in [5.41, 5.74) is -1.62. The Bertz CT molecular complexity index is 1110. The van der Waals surface area contributed by atoms with Crippen molar-refractivity contribution in [2.45, 2.75) is 31.6 Å². The van der Waals surface area contributed by atoms with Gasteiger partial charge >= 0.3 is 18.3 Å². The zero-order chi connectivity index (χ0) is 27.1. The third kappa shape index (κ3) is 8.14. The molecular formula is C24H23F6N3O3. The van der Waals surface area contributed by atoms with Crippen molar-refractivity contribution >= 4 is 17.6 Å². The first-order chi connectivity index (χ1) is 16.7. The van der Waals surface area contributed by atoms with Crippen molar-refractivity contribution in [3.63, 3.8) is 0 Å². The Kier molecular flexibility index (Phi) is 9.26. The van der Waals surface area contributed by atoms with Gasteiger partial charge in [0.05, 0.1) is 5.56 Å². The lowest BCUT2D eigenvalue weighted by Gasteiger charge is -2.22. The van der Waals surface area contributed by atoms with Gasteiger partial charge in [0.15, 0.2) is 0 Å². The summed E-state index contributed by atoms with van der Waals surface area (Å²) in [6.45, 7) is 3.31. The van der Waals surface area contributed by atoms with Crippen molar-refractivity contribution in [2.24, 2.45) is 5.10 Å². The van der Waals surface area contributed by atoms with Crippen LogP contribution in [0.1, 0.15) is 24.0 Å². The van der Waals surface area contributed by atoms with Gasteiger partial charge < -0.3 is 10.4 Å². The second kappa shape index (κ2) is 11.7. The number of amides is 1. The van der Waals surface area contributed by atoms with E-state index >= 15 is 0 Å². The fourth-order valence-electron chi connectivity index (χ4n) is 3.38. The summed E-state index contributed by atoms with van der Waals surface area (Å²) in [6, 6.07) is 4.21. The highest BCUT2D eigenvalue weighted by molar-refractivity contribution is 5.96. The van der Waals surface area contributed by atoms with E-state index in [1.165, 1.54) is 30.4 Å². The number of halogens is 6. The van der Waals surface area contributed by atoms with Crippen molar-refractivity contribution < 1.29 is 41.0 Å². The SMILES string of the molecule is C=C/C(=C\C=C\C(=O)O)CNC(=O)C1=C(C(F)(F)F)N(C)N=C(Cc2ccc(C(F)(F)F)cc2)CC1. The highest BCUT2D eigenvalue weighted by Crippen LogP contribution is 2.34. The van der Waals surface area contributed by atoms with E-state index in [1.54, 1.807) is 0 Å². The molecule has 0 saturated heterocycles. The smallest absolute Gasteiger partial charge is 0.433 e. The van der Waals surface area contributed by atoms with Crippen molar-refractivity contribution in [3.8, 4) is 0 Å². The van der Waals surface area contributed by atoms with Gasteiger partial charge in [0.2, 0.25) is 5.91 Å². The highest BCUT2D eigenvalue weighted by atomic mass is 19.4. The first-order valence-corrected chi connectivity index (χ1v) is 10.5. The normalized spacial score (nSPS) is 15.6. The number of nitrogens with zero attached hydrogens (tertiary/aromatic N) is 2. The molecule has 0 unspecified atom stereocenters. The molecule has 194 valence electrons. The summed E-state index contributed by atoms with van der Waals surface area (Å²) >= 11 is 0. The second-order valence-electron chi connectivity index (χ2n) is 7.71. The van der Waals surface area contributed by atoms with Gasteiger partial charge in [-0.1, -0.05) is 36.9 Å². The van der Waals surface area contributed by atoms with Gasteiger partial charge in [-0.3, -0.25) is 9.80 Å². The number of alkyl halides is 6. The Balaban J connectivity index is 2.22. The molecule has 1 aliphatic heterocycles. The average Bonchev–Trinajstić information content (AvgIpc) is 2.93. The fraction of sp³-hybridized carbons (Fsp3) is 0.292. The number of hydrogen-bond donors (Lipinski definition) is 2. The van der Waals surface area contributed by atoms with Gasteiger partial charge in [0, 0.05) is 37.4 Å². The Morgan fingerprint density at radius 2 is 1.75 bits per heavy atom. The van der Waals surface area contributed by atoms with E-state index in [-0.39, 0.29) is 31.5 Å². The molecule has 36 heavy (non-hydrogen) atoms. The lowest BCUT2D eigenvalue weighted by molar-refractivity contribution is -0.137. The molecule has 2 rings (SSSR count). The van der Waals surface area contributed by atoms with Crippen LogP contribution in [0.25, 0.3) is 0 Å². The maximum Gasteiger partial charge on any atom is 0.433 e. The lowest BCUT2D eigenvalue weighted by Crippen LogP contribution is -2.33. The Morgan fingerprint density at radius 3 is 2.28 bits per heavy atom. The molecule has 1 aliphatic rings. The van der Waals surface area contributed by atoms with E-state index in [0.29, 0.717) is 16.1 Å². The summed E-state index contributed by atoms with van der Waals surface area (Å²) in [5.74, 6) is -2.19. The number of rotatable bonds is 8. The number of carbonyl (C=O) groups is 2. The topological polar surface area (TPSA) is 82.0 Å². The largest absolute Gasteiger partial charge is 0.478 e. The standard InChI is InChI=1S/C24H23F6N3O3/c1-3-15(5-4-6-20(34)35)14-31-22(36)19-12-11-18(32-33(2)21(19)24(28,29)30)13-16-7-9-17(10-8-16)23(25,26)27/h3-10H,1,11-14H2,2H3,(H,31,36)(H,34,35)/b6-4+,15-5+. The average molecular weight is 515 g/mol. The number of carboxylic acids is 1. The molecule has 1 heterocycles. The molecule has 0 radical (unpaired) electrons. The van der Waals surface area contributed by atoms with Crippen molar-refractivity contribution in [1.82, 2.24) is 10.3 Å². The molecule has 2 N–H and O–H groups in total. The zero-order valence-corrected chi connectivity index (χ0v) is 19.1. The quantitative estimate of drug-likeness (QED) is 0.290. The van der Waals surface area contributed by atoms with Crippen LogP contribution >= 0.6 is 0 Å². The number of allylic oxidation sites excluding steroid dienone is 3. The van der Waals surface area contributed by atoms with Crippen molar-refractivity contribution in [2.75, 3.05) is 13.6 Å². The van der Waals surface area contributed by atoms with E-state index in [4.69, 9.17) is 5.11 Å². The van der Waals surface area contributed by atoms with Gasteiger partial charge in [-0.05, 0) is 36.1 Å². The molecule has 0 aliphatic carbocycles.